The van der Waals surface area contributed by atoms with Crippen molar-refractivity contribution in [3.05, 3.63) is 0 Å². The summed E-state index contributed by atoms with van der Waals surface area (Å²) in [4.78, 5) is 9.98. The second-order valence-corrected chi connectivity index (χ2v) is 1.22. The number of carbonyl (C=O) groups is 1. The summed E-state index contributed by atoms with van der Waals surface area (Å²) >= 11 is 0. The van der Waals surface area contributed by atoms with Crippen LogP contribution in [0.2, 0.25) is 0 Å². The van der Waals surface area contributed by atoms with Gasteiger partial charge < -0.3 is 4.52 Å². The first-order valence-corrected chi connectivity index (χ1v) is 2.56. The molecule has 42 valence electrons. The molecule has 3 nitrogen and oxygen atoms in total. The minimum atomic E-state index is -0.560. The van der Waals surface area contributed by atoms with Gasteiger partial charge in [-0.1, -0.05) is 6.92 Å². The fraction of sp³-hybridized carbons (Fsp3) is 0.667. The van der Waals surface area contributed by atoms with Gasteiger partial charge in [0.15, 0.2) is 0 Å². The van der Waals surface area contributed by atoms with Gasteiger partial charge in [-0.25, -0.2) is 4.57 Å². The molecule has 0 heterocycles. The fourth-order valence-corrected chi connectivity index (χ4v) is 0.318. The second-order valence-electron chi connectivity index (χ2n) is 0.891. The molecule has 0 atom stereocenters. The summed E-state index contributed by atoms with van der Waals surface area (Å²) in [6.45, 7) is 1.63. The van der Waals surface area contributed by atoms with Gasteiger partial charge in [0.1, 0.15) is 0 Å². The first kappa shape index (κ1) is 11.4. The third-order valence-corrected chi connectivity index (χ3v) is 0.706. The first-order chi connectivity index (χ1) is 3.31. The van der Waals surface area contributed by atoms with E-state index in [1.807, 2.05) is 0 Å². The summed E-state index contributed by atoms with van der Waals surface area (Å²) in [6.07, 6.45) is 0.273. The summed E-state index contributed by atoms with van der Waals surface area (Å²) < 4.78 is 13.4. The number of carbonyl (C=O) groups excluding carboxylic acids is 1. The zero-order chi connectivity index (χ0) is 5.70. The molecule has 5 heteroatoms. The van der Waals surface area contributed by atoms with E-state index in [-0.39, 0.29) is 36.0 Å². The number of hydrogen-bond donors (Lipinski definition) is 0. The van der Waals surface area contributed by atoms with E-state index in [1.165, 1.54) is 0 Å². The Labute approximate surface area is 71.4 Å². The second kappa shape index (κ2) is 7.57. The van der Waals surface area contributed by atoms with Crippen molar-refractivity contribution in [2.45, 2.75) is 13.3 Å². The summed E-state index contributed by atoms with van der Waals surface area (Å²) in [7, 11) is -0.560. The molecule has 0 aliphatic rings. The molecule has 0 saturated heterocycles. The molecule has 0 radical (unpaired) electrons. The molecular formula is C3H6NaO3P. The van der Waals surface area contributed by atoms with E-state index >= 15 is 0 Å². The summed E-state index contributed by atoms with van der Waals surface area (Å²) in [6, 6.07) is 0. The maximum absolute atomic E-state index is 9.98. The molecule has 0 aromatic heterocycles. The quantitative estimate of drug-likeness (QED) is 0.418. The molecular weight excluding hydrogens is 138 g/mol. The topological polar surface area (TPSA) is 43.4 Å². The van der Waals surface area contributed by atoms with E-state index in [1.54, 1.807) is 6.92 Å². The van der Waals surface area contributed by atoms with Gasteiger partial charge >= 0.3 is 44.2 Å². The zero-order valence-electron chi connectivity index (χ0n) is 3.88. The van der Waals surface area contributed by atoms with Crippen molar-refractivity contribution in [3.63, 3.8) is 0 Å². The molecule has 0 aliphatic heterocycles. The van der Waals surface area contributed by atoms with Crippen molar-refractivity contribution >= 4 is 44.2 Å². The average Bonchev–Trinajstić information content (AvgIpc) is 1.68. The molecule has 0 aromatic rings. The van der Waals surface area contributed by atoms with E-state index < -0.39 is 14.7 Å². The zero-order valence-corrected chi connectivity index (χ0v) is 4.77. The molecule has 0 spiro atoms. The molecule has 0 unspecified atom stereocenters. The van der Waals surface area contributed by atoms with Crippen LogP contribution in [0.3, 0.4) is 0 Å². The van der Waals surface area contributed by atoms with Gasteiger partial charge in [0.2, 0.25) is 0 Å². The Kier molecular flexibility index (Phi) is 10.8. The molecule has 0 saturated carbocycles. The monoisotopic (exact) mass is 144 g/mol. The van der Waals surface area contributed by atoms with Crippen molar-refractivity contribution in [2.24, 2.45) is 0 Å². The molecule has 0 amide bonds. The summed E-state index contributed by atoms with van der Waals surface area (Å²) in [5.74, 6) is -0.448. The van der Waals surface area contributed by atoms with Gasteiger partial charge in [-0.05, 0) is 0 Å². The van der Waals surface area contributed by atoms with Crippen LogP contribution in [0.1, 0.15) is 13.3 Å². The van der Waals surface area contributed by atoms with Gasteiger partial charge in [-0.3, -0.25) is 4.79 Å². The van der Waals surface area contributed by atoms with Crippen LogP contribution < -0.4 is 0 Å². The van der Waals surface area contributed by atoms with Crippen LogP contribution in [-0.2, 0) is 13.9 Å². The SMILES string of the molecule is CCC(=O)OP=O.[NaH]. The van der Waals surface area contributed by atoms with Crippen molar-refractivity contribution in [1.82, 2.24) is 0 Å². The van der Waals surface area contributed by atoms with Gasteiger partial charge in [-0.2, -0.15) is 0 Å². The molecule has 0 fully saturated rings. The first-order valence-electron chi connectivity index (χ1n) is 1.83. The minimum absolute atomic E-state index is 0. The average molecular weight is 144 g/mol. The van der Waals surface area contributed by atoms with Crippen molar-refractivity contribution in [3.8, 4) is 0 Å². The van der Waals surface area contributed by atoms with Gasteiger partial charge in [0, 0.05) is 6.42 Å². The third-order valence-electron chi connectivity index (χ3n) is 0.428. The van der Waals surface area contributed by atoms with Gasteiger partial charge in [0.05, 0.1) is 0 Å². The van der Waals surface area contributed by atoms with E-state index in [4.69, 9.17) is 0 Å². The Bertz CT molecular complexity index is 84.6. The van der Waals surface area contributed by atoms with Crippen molar-refractivity contribution < 1.29 is 13.9 Å². The maximum atomic E-state index is 9.98. The number of rotatable bonds is 2. The summed E-state index contributed by atoms with van der Waals surface area (Å²) in [5, 5.41) is 0. The van der Waals surface area contributed by atoms with Crippen molar-refractivity contribution in [1.29, 1.82) is 0 Å². The Morgan fingerprint density at radius 1 is 1.75 bits per heavy atom. The van der Waals surface area contributed by atoms with E-state index in [2.05, 4.69) is 4.52 Å². The summed E-state index contributed by atoms with van der Waals surface area (Å²) in [5.41, 5.74) is 0. The van der Waals surface area contributed by atoms with E-state index in [0.29, 0.717) is 0 Å². The Hall–Kier alpha value is 0.570. The van der Waals surface area contributed by atoms with Crippen LogP contribution in [0.5, 0.6) is 0 Å². The Balaban J connectivity index is 0. The molecule has 0 aliphatic carbocycles. The van der Waals surface area contributed by atoms with Crippen LogP contribution in [0.4, 0.5) is 0 Å². The third kappa shape index (κ3) is 6.57. The van der Waals surface area contributed by atoms with Crippen LogP contribution in [0.15, 0.2) is 0 Å². The van der Waals surface area contributed by atoms with E-state index in [0.717, 1.165) is 0 Å². The predicted molar refractivity (Wildman–Crippen MR) is 31.1 cm³/mol. The van der Waals surface area contributed by atoms with Crippen LogP contribution in [0, 0.1) is 0 Å². The van der Waals surface area contributed by atoms with Crippen LogP contribution >= 0.6 is 8.69 Å². The predicted octanol–water partition coefficient (Wildman–Crippen LogP) is 0.498. The molecule has 8 heavy (non-hydrogen) atoms. The Morgan fingerprint density at radius 2 is 2.25 bits per heavy atom. The van der Waals surface area contributed by atoms with Crippen molar-refractivity contribution in [2.75, 3.05) is 0 Å². The van der Waals surface area contributed by atoms with Crippen LogP contribution in [-0.4, -0.2) is 35.5 Å². The standard InChI is InChI=1S/C3H5O3P.Na.H/c1-2-3(4)6-7-5;;/h2H2,1H3;;. The van der Waals surface area contributed by atoms with E-state index in [9.17, 15) is 9.36 Å². The molecule has 0 bridgehead atoms. The fourth-order valence-electron chi connectivity index (χ4n) is 0.106. The van der Waals surface area contributed by atoms with Gasteiger partial charge in [-0.15, -0.1) is 0 Å². The normalized spacial score (nSPS) is 7.62. The molecule has 0 aromatic carbocycles. The molecule has 0 N–H and O–H groups in total. The number of hydrogen-bond acceptors (Lipinski definition) is 3. The molecule has 0 rings (SSSR count). The van der Waals surface area contributed by atoms with Gasteiger partial charge in [0.25, 0.3) is 0 Å². The Morgan fingerprint density at radius 3 is 2.38 bits per heavy atom. The van der Waals surface area contributed by atoms with Crippen LogP contribution in [0.25, 0.3) is 0 Å².